The molecular formula is C12H23N3O4. The number of primary amides is 1. The van der Waals surface area contributed by atoms with Gasteiger partial charge in [-0.25, -0.2) is 4.79 Å². The minimum absolute atomic E-state index is 0.174. The van der Waals surface area contributed by atoms with Crippen LogP contribution in [0.4, 0.5) is 4.79 Å². The Labute approximate surface area is 113 Å². The highest BCUT2D eigenvalue weighted by molar-refractivity contribution is 5.83. The molecule has 7 heteroatoms. The van der Waals surface area contributed by atoms with E-state index < -0.39 is 23.4 Å². The number of aliphatic carboxylic acids is 1. The molecule has 7 nitrogen and oxygen atoms in total. The number of nitrogens with zero attached hydrogens (tertiary/aromatic N) is 1. The summed E-state index contributed by atoms with van der Waals surface area (Å²) in [4.78, 5) is 34.9. The minimum atomic E-state index is -1.00. The van der Waals surface area contributed by atoms with E-state index >= 15 is 0 Å². The molecule has 0 saturated carbocycles. The van der Waals surface area contributed by atoms with Gasteiger partial charge in [0.2, 0.25) is 5.91 Å². The zero-order valence-electron chi connectivity index (χ0n) is 11.9. The van der Waals surface area contributed by atoms with Crippen LogP contribution in [0.2, 0.25) is 0 Å². The first-order chi connectivity index (χ1) is 8.53. The molecule has 0 rings (SSSR count). The van der Waals surface area contributed by atoms with Gasteiger partial charge in [0.05, 0.1) is 6.42 Å². The summed E-state index contributed by atoms with van der Waals surface area (Å²) < 4.78 is 0. The number of hydrogen-bond donors (Lipinski definition) is 3. The molecule has 0 aromatic rings. The summed E-state index contributed by atoms with van der Waals surface area (Å²) in [6.07, 6.45) is -0.204. The number of rotatable bonds is 7. The van der Waals surface area contributed by atoms with Crippen LogP contribution in [-0.4, -0.2) is 46.5 Å². The van der Waals surface area contributed by atoms with E-state index in [1.165, 1.54) is 4.90 Å². The topological polar surface area (TPSA) is 113 Å². The lowest BCUT2D eigenvalue weighted by Gasteiger charge is -2.30. The second-order valence-electron chi connectivity index (χ2n) is 5.63. The molecular weight excluding hydrogens is 250 g/mol. The maximum atomic E-state index is 12.0. The molecule has 0 saturated heterocycles. The highest BCUT2D eigenvalue weighted by atomic mass is 16.4. The van der Waals surface area contributed by atoms with E-state index in [0.717, 1.165) is 0 Å². The predicted molar refractivity (Wildman–Crippen MR) is 70.5 cm³/mol. The van der Waals surface area contributed by atoms with E-state index in [9.17, 15) is 14.4 Å². The number of urea groups is 1. The monoisotopic (exact) mass is 273 g/mol. The lowest BCUT2D eigenvalue weighted by molar-refractivity contribution is -0.138. The molecule has 0 atom stereocenters. The minimum Gasteiger partial charge on any atom is -0.481 e. The molecule has 3 amide bonds. The van der Waals surface area contributed by atoms with Gasteiger partial charge < -0.3 is 21.1 Å². The Hall–Kier alpha value is -1.79. The van der Waals surface area contributed by atoms with Crippen LogP contribution < -0.4 is 11.1 Å². The Morgan fingerprint density at radius 2 is 1.84 bits per heavy atom. The summed E-state index contributed by atoms with van der Waals surface area (Å²) in [6.45, 7) is 7.21. The molecule has 0 fully saturated rings. The smallest absolute Gasteiger partial charge is 0.318 e. The fraction of sp³-hybridized carbons (Fsp3) is 0.750. The van der Waals surface area contributed by atoms with E-state index in [-0.39, 0.29) is 18.9 Å². The van der Waals surface area contributed by atoms with Crippen molar-refractivity contribution in [1.82, 2.24) is 10.2 Å². The molecule has 0 aromatic heterocycles. The highest BCUT2D eigenvalue weighted by Gasteiger charge is 2.27. The van der Waals surface area contributed by atoms with Gasteiger partial charge >= 0.3 is 12.0 Å². The lowest BCUT2D eigenvalue weighted by atomic mass is 10.0. The second-order valence-corrected chi connectivity index (χ2v) is 5.63. The van der Waals surface area contributed by atoms with E-state index in [1.54, 1.807) is 13.8 Å². The van der Waals surface area contributed by atoms with Crippen molar-refractivity contribution in [1.29, 1.82) is 0 Å². The molecule has 0 unspecified atom stereocenters. The first-order valence-corrected chi connectivity index (χ1v) is 6.10. The Bertz CT molecular complexity index is 353. The third kappa shape index (κ3) is 8.01. The van der Waals surface area contributed by atoms with Crippen LogP contribution in [0.3, 0.4) is 0 Å². The summed E-state index contributed by atoms with van der Waals surface area (Å²) in [5.41, 5.74) is 4.20. The van der Waals surface area contributed by atoms with Crippen molar-refractivity contribution in [2.24, 2.45) is 11.7 Å². The van der Waals surface area contributed by atoms with Crippen molar-refractivity contribution in [3.63, 3.8) is 0 Å². The number of carboxylic acids is 1. The Kier molecular flexibility index (Phi) is 6.31. The van der Waals surface area contributed by atoms with Crippen LogP contribution in [0.5, 0.6) is 0 Å². The number of carboxylic acid groups (broad SMARTS) is 1. The maximum Gasteiger partial charge on any atom is 0.318 e. The SMILES string of the molecule is CC(C)CN(CC(N)=O)C(=O)NC(C)(C)CC(=O)O. The van der Waals surface area contributed by atoms with E-state index in [4.69, 9.17) is 10.8 Å². The Balaban J connectivity index is 4.70. The van der Waals surface area contributed by atoms with Crippen LogP contribution in [0, 0.1) is 5.92 Å². The average Bonchev–Trinajstić information content (AvgIpc) is 2.11. The number of nitrogens with one attached hydrogen (secondary N) is 1. The first-order valence-electron chi connectivity index (χ1n) is 6.10. The number of nitrogens with two attached hydrogens (primary N) is 1. The summed E-state index contributed by atoms with van der Waals surface area (Å²) in [7, 11) is 0. The van der Waals surface area contributed by atoms with Crippen molar-refractivity contribution in [3.8, 4) is 0 Å². The highest BCUT2D eigenvalue weighted by Crippen LogP contribution is 2.09. The van der Waals surface area contributed by atoms with Gasteiger partial charge in [0.15, 0.2) is 0 Å². The quantitative estimate of drug-likeness (QED) is 0.622. The summed E-state index contributed by atoms with van der Waals surface area (Å²) in [5, 5.41) is 11.3. The third-order valence-electron chi connectivity index (χ3n) is 2.26. The molecule has 19 heavy (non-hydrogen) atoms. The lowest BCUT2D eigenvalue weighted by Crippen LogP contribution is -2.53. The van der Waals surface area contributed by atoms with E-state index in [2.05, 4.69) is 5.32 Å². The van der Waals surface area contributed by atoms with E-state index in [0.29, 0.717) is 6.54 Å². The predicted octanol–water partition coefficient (Wildman–Crippen LogP) is 0.393. The van der Waals surface area contributed by atoms with Gasteiger partial charge in [-0.05, 0) is 19.8 Å². The number of carbonyl (C=O) groups excluding carboxylic acids is 2. The maximum absolute atomic E-state index is 12.0. The van der Waals surface area contributed by atoms with Gasteiger partial charge in [0.25, 0.3) is 0 Å². The molecule has 0 aliphatic rings. The van der Waals surface area contributed by atoms with Gasteiger partial charge in [0.1, 0.15) is 6.54 Å². The fourth-order valence-corrected chi connectivity index (χ4v) is 1.64. The third-order valence-corrected chi connectivity index (χ3v) is 2.26. The van der Waals surface area contributed by atoms with Gasteiger partial charge in [-0.15, -0.1) is 0 Å². The van der Waals surface area contributed by atoms with Crippen molar-refractivity contribution in [3.05, 3.63) is 0 Å². The Morgan fingerprint density at radius 1 is 1.32 bits per heavy atom. The molecule has 0 aliphatic carbocycles. The Morgan fingerprint density at radius 3 is 2.21 bits per heavy atom. The van der Waals surface area contributed by atoms with Crippen LogP contribution in [0.15, 0.2) is 0 Å². The number of amides is 3. The van der Waals surface area contributed by atoms with Gasteiger partial charge in [-0.1, -0.05) is 13.8 Å². The molecule has 0 spiro atoms. The first kappa shape index (κ1) is 17.2. The summed E-state index contributed by atoms with van der Waals surface area (Å²) in [6, 6.07) is -0.487. The van der Waals surface area contributed by atoms with Crippen LogP contribution in [-0.2, 0) is 9.59 Å². The molecule has 0 radical (unpaired) electrons. The summed E-state index contributed by atoms with van der Waals surface area (Å²) >= 11 is 0. The molecule has 0 bridgehead atoms. The molecule has 0 heterocycles. The summed E-state index contributed by atoms with van der Waals surface area (Å²) in [5.74, 6) is -1.44. The number of carbonyl (C=O) groups is 3. The van der Waals surface area contributed by atoms with Gasteiger partial charge in [-0.2, -0.15) is 0 Å². The van der Waals surface area contributed by atoms with Crippen molar-refractivity contribution < 1.29 is 19.5 Å². The van der Waals surface area contributed by atoms with Gasteiger partial charge in [-0.3, -0.25) is 9.59 Å². The molecule has 110 valence electrons. The largest absolute Gasteiger partial charge is 0.481 e. The molecule has 4 N–H and O–H groups in total. The van der Waals surface area contributed by atoms with Crippen molar-refractivity contribution >= 4 is 17.9 Å². The standard InChI is InChI=1S/C12H23N3O4/c1-8(2)6-15(7-9(13)16)11(19)14-12(3,4)5-10(17)18/h8H,5-7H2,1-4H3,(H2,13,16)(H,14,19)(H,17,18). The van der Waals surface area contributed by atoms with Crippen LogP contribution >= 0.6 is 0 Å². The van der Waals surface area contributed by atoms with E-state index in [1.807, 2.05) is 13.8 Å². The zero-order chi connectivity index (χ0) is 15.2. The van der Waals surface area contributed by atoms with Crippen LogP contribution in [0.1, 0.15) is 34.1 Å². The van der Waals surface area contributed by atoms with Crippen molar-refractivity contribution in [2.45, 2.75) is 39.7 Å². The second kappa shape index (κ2) is 6.96. The van der Waals surface area contributed by atoms with Gasteiger partial charge in [0, 0.05) is 12.1 Å². The average molecular weight is 273 g/mol. The van der Waals surface area contributed by atoms with Crippen molar-refractivity contribution in [2.75, 3.05) is 13.1 Å². The normalized spacial score (nSPS) is 11.2. The fourth-order valence-electron chi connectivity index (χ4n) is 1.64. The molecule has 0 aromatic carbocycles. The van der Waals surface area contributed by atoms with Crippen LogP contribution in [0.25, 0.3) is 0 Å². The number of hydrogen-bond acceptors (Lipinski definition) is 3. The zero-order valence-corrected chi connectivity index (χ0v) is 11.9. The molecule has 0 aliphatic heterocycles.